The fourth-order valence-corrected chi connectivity index (χ4v) is 1.95. The van der Waals surface area contributed by atoms with Crippen molar-refractivity contribution in [1.29, 1.82) is 0 Å². The van der Waals surface area contributed by atoms with Crippen molar-refractivity contribution in [3.05, 3.63) is 18.1 Å². The third-order valence-corrected chi connectivity index (χ3v) is 3.47. The summed E-state index contributed by atoms with van der Waals surface area (Å²) in [6, 6.07) is 1.83. The molecule has 0 aliphatic carbocycles. The predicted molar refractivity (Wildman–Crippen MR) is 62.3 cm³/mol. The molecule has 0 spiro atoms. The van der Waals surface area contributed by atoms with Crippen molar-refractivity contribution in [2.75, 3.05) is 0 Å². The fraction of sp³-hybridized carbons (Fsp3) is 0.455. The normalized spacial score (nSPS) is 12.9. The molecular formula is C11H14N2O2S. The Hall–Kier alpha value is -1.23. The van der Waals surface area contributed by atoms with E-state index >= 15 is 0 Å². The molecule has 1 atom stereocenters. The molecule has 0 unspecified atom stereocenters. The Morgan fingerprint density at radius 1 is 1.44 bits per heavy atom. The van der Waals surface area contributed by atoms with Crippen LogP contribution in [0.5, 0.6) is 0 Å². The van der Waals surface area contributed by atoms with Gasteiger partial charge in [-0.1, -0.05) is 25.6 Å². The lowest BCUT2D eigenvalue weighted by molar-refractivity contribution is 0.462. The number of hydrogen-bond acceptors (Lipinski definition) is 5. The van der Waals surface area contributed by atoms with E-state index in [0.29, 0.717) is 16.4 Å². The van der Waals surface area contributed by atoms with E-state index in [2.05, 4.69) is 24.0 Å². The molecule has 0 aliphatic rings. The summed E-state index contributed by atoms with van der Waals surface area (Å²) in [6.07, 6.45) is 2.70. The van der Waals surface area contributed by atoms with Gasteiger partial charge in [0.1, 0.15) is 5.76 Å². The second-order valence-corrected chi connectivity index (χ2v) is 4.99. The number of rotatable bonds is 4. The van der Waals surface area contributed by atoms with Gasteiger partial charge in [-0.15, -0.1) is 10.2 Å². The molecule has 16 heavy (non-hydrogen) atoms. The lowest BCUT2D eigenvalue weighted by Gasteiger charge is -2.01. The van der Waals surface area contributed by atoms with Crippen molar-refractivity contribution in [3.8, 4) is 11.5 Å². The van der Waals surface area contributed by atoms with Crippen LogP contribution in [0, 0.1) is 6.92 Å². The maximum atomic E-state index is 5.56. The van der Waals surface area contributed by atoms with Crippen molar-refractivity contribution >= 4 is 11.8 Å². The second kappa shape index (κ2) is 4.74. The first-order valence-corrected chi connectivity index (χ1v) is 6.13. The van der Waals surface area contributed by atoms with Gasteiger partial charge in [0, 0.05) is 5.25 Å². The van der Waals surface area contributed by atoms with Gasteiger partial charge in [-0.2, -0.15) is 0 Å². The van der Waals surface area contributed by atoms with Gasteiger partial charge in [-0.05, 0) is 19.4 Å². The number of aryl methyl sites for hydroxylation is 1. The van der Waals surface area contributed by atoms with E-state index in [4.69, 9.17) is 8.83 Å². The van der Waals surface area contributed by atoms with Gasteiger partial charge in [0.05, 0.1) is 11.8 Å². The molecule has 0 radical (unpaired) electrons. The minimum atomic E-state index is 0.485. The molecule has 0 saturated heterocycles. The summed E-state index contributed by atoms with van der Waals surface area (Å²) in [5.41, 5.74) is 0.864. The van der Waals surface area contributed by atoms with Crippen LogP contribution in [0.3, 0.4) is 0 Å². The number of thioether (sulfide) groups is 1. The highest BCUT2D eigenvalue weighted by Crippen LogP contribution is 2.28. The van der Waals surface area contributed by atoms with Gasteiger partial charge in [0.15, 0.2) is 0 Å². The average molecular weight is 238 g/mol. The minimum absolute atomic E-state index is 0.485. The van der Waals surface area contributed by atoms with E-state index in [9.17, 15) is 0 Å². The first-order valence-electron chi connectivity index (χ1n) is 5.25. The summed E-state index contributed by atoms with van der Waals surface area (Å²) in [5, 5.41) is 9.12. The SMILES string of the molecule is CC[C@H](C)Sc1nnc(-c2ccoc2C)o1. The minimum Gasteiger partial charge on any atom is -0.469 e. The largest absolute Gasteiger partial charge is 0.469 e. The zero-order valence-corrected chi connectivity index (χ0v) is 10.4. The van der Waals surface area contributed by atoms with Crippen molar-refractivity contribution < 1.29 is 8.83 Å². The Balaban J connectivity index is 2.17. The van der Waals surface area contributed by atoms with Crippen molar-refractivity contribution in [3.63, 3.8) is 0 Å². The molecule has 0 aliphatic heterocycles. The Bertz CT molecular complexity index is 464. The third-order valence-electron chi connectivity index (χ3n) is 2.37. The highest BCUT2D eigenvalue weighted by molar-refractivity contribution is 7.99. The molecule has 0 amide bonds. The second-order valence-electron chi connectivity index (χ2n) is 3.60. The monoisotopic (exact) mass is 238 g/mol. The molecule has 5 heteroatoms. The summed E-state index contributed by atoms with van der Waals surface area (Å²) in [5.74, 6) is 1.32. The molecule has 2 aromatic rings. The van der Waals surface area contributed by atoms with E-state index in [1.165, 1.54) is 0 Å². The Morgan fingerprint density at radius 2 is 2.25 bits per heavy atom. The number of aromatic nitrogens is 2. The Kier molecular flexibility index (Phi) is 3.33. The molecule has 0 N–H and O–H groups in total. The van der Waals surface area contributed by atoms with E-state index in [-0.39, 0.29) is 0 Å². The molecule has 0 aromatic carbocycles. The molecule has 2 aromatic heterocycles. The van der Waals surface area contributed by atoms with E-state index in [1.807, 2.05) is 13.0 Å². The smallest absolute Gasteiger partial charge is 0.277 e. The lowest BCUT2D eigenvalue weighted by atomic mass is 10.3. The van der Waals surface area contributed by atoms with Gasteiger partial charge in [-0.3, -0.25) is 0 Å². The van der Waals surface area contributed by atoms with E-state index in [1.54, 1.807) is 18.0 Å². The number of hydrogen-bond donors (Lipinski definition) is 0. The molecule has 0 bridgehead atoms. The van der Waals surface area contributed by atoms with Gasteiger partial charge in [-0.25, -0.2) is 0 Å². The molecule has 0 saturated carbocycles. The van der Waals surface area contributed by atoms with Crippen molar-refractivity contribution in [2.45, 2.75) is 37.7 Å². The molecule has 0 fully saturated rings. The van der Waals surface area contributed by atoms with Crippen LogP contribution in [0.1, 0.15) is 26.0 Å². The highest BCUT2D eigenvalue weighted by Gasteiger charge is 2.14. The maximum absolute atomic E-state index is 5.56. The Labute approximate surface area is 98.4 Å². The standard InChI is InChI=1S/C11H14N2O2S/c1-4-7(2)16-11-13-12-10(15-11)9-5-6-14-8(9)3/h5-7H,4H2,1-3H3/t7-/m0/s1. The quantitative estimate of drug-likeness (QED) is 0.763. The Morgan fingerprint density at radius 3 is 2.88 bits per heavy atom. The molecule has 4 nitrogen and oxygen atoms in total. The topological polar surface area (TPSA) is 52.1 Å². The number of furan rings is 1. The number of nitrogens with zero attached hydrogens (tertiary/aromatic N) is 2. The van der Waals surface area contributed by atoms with Gasteiger partial charge < -0.3 is 8.83 Å². The van der Waals surface area contributed by atoms with Crippen LogP contribution in [-0.2, 0) is 0 Å². The van der Waals surface area contributed by atoms with Crippen LogP contribution < -0.4 is 0 Å². The zero-order valence-electron chi connectivity index (χ0n) is 9.56. The summed E-state index contributed by atoms with van der Waals surface area (Å²) in [4.78, 5) is 0. The first-order chi connectivity index (χ1) is 7.70. The zero-order chi connectivity index (χ0) is 11.5. The maximum Gasteiger partial charge on any atom is 0.277 e. The lowest BCUT2D eigenvalue weighted by Crippen LogP contribution is -1.91. The van der Waals surface area contributed by atoms with Crippen LogP contribution in [0.25, 0.3) is 11.5 Å². The third kappa shape index (κ3) is 2.29. The summed E-state index contributed by atoms with van der Waals surface area (Å²) in [6.45, 7) is 6.15. The van der Waals surface area contributed by atoms with E-state index < -0.39 is 0 Å². The van der Waals surface area contributed by atoms with Crippen LogP contribution >= 0.6 is 11.8 Å². The fourth-order valence-electron chi connectivity index (χ4n) is 1.23. The molecule has 2 rings (SSSR count). The predicted octanol–water partition coefficient (Wildman–Crippen LogP) is 3.53. The van der Waals surface area contributed by atoms with Crippen LogP contribution in [0.2, 0.25) is 0 Å². The van der Waals surface area contributed by atoms with E-state index in [0.717, 1.165) is 17.7 Å². The summed E-state index contributed by atoms with van der Waals surface area (Å²) < 4.78 is 10.8. The van der Waals surface area contributed by atoms with Crippen LogP contribution in [0.15, 0.2) is 26.4 Å². The first kappa shape index (κ1) is 11.3. The van der Waals surface area contributed by atoms with Crippen LogP contribution in [-0.4, -0.2) is 15.4 Å². The molecular weight excluding hydrogens is 224 g/mol. The molecule has 2 heterocycles. The molecule has 86 valence electrons. The average Bonchev–Trinajstić information content (AvgIpc) is 2.86. The van der Waals surface area contributed by atoms with Crippen molar-refractivity contribution in [2.24, 2.45) is 0 Å². The van der Waals surface area contributed by atoms with Crippen LogP contribution in [0.4, 0.5) is 0 Å². The van der Waals surface area contributed by atoms with Gasteiger partial charge in [0.2, 0.25) is 0 Å². The summed E-state index contributed by atoms with van der Waals surface area (Å²) >= 11 is 1.60. The van der Waals surface area contributed by atoms with Crippen molar-refractivity contribution in [1.82, 2.24) is 10.2 Å². The van der Waals surface area contributed by atoms with Gasteiger partial charge in [0.25, 0.3) is 11.1 Å². The summed E-state index contributed by atoms with van der Waals surface area (Å²) in [7, 11) is 0. The van der Waals surface area contributed by atoms with Gasteiger partial charge >= 0.3 is 0 Å². The highest BCUT2D eigenvalue weighted by atomic mass is 32.2.